The molecule has 0 saturated carbocycles. The maximum Gasteiger partial charge on any atom is 0.328 e. The average molecular weight is 396 g/mol. The van der Waals surface area contributed by atoms with E-state index in [9.17, 15) is 9.59 Å². The molecule has 12 heteroatoms. The smallest absolute Gasteiger partial charge is 0.328 e. The molecule has 0 aliphatic carbocycles. The third-order valence-electron chi connectivity index (χ3n) is 3.33. The summed E-state index contributed by atoms with van der Waals surface area (Å²) in [6, 6.07) is -1.79. The minimum absolute atomic E-state index is 0.208. The number of hydrogen-bond acceptors (Lipinski definition) is 8. The lowest BCUT2D eigenvalue weighted by Crippen LogP contribution is -2.32. The van der Waals surface area contributed by atoms with Crippen LogP contribution >= 0.6 is 0 Å². The number of rotatable bonds is 9. The molecule has 0 unspecified atom stereocenters. The predicted molar refractivity (Wildman–Crippen MR) is 97.4 cm³/mol. The van der Waals surface area contributed by atoms with E-state index < -0.39 is 24.0 Å². The van der Waals surface area contributed by atoms with Crippen LogP contribution in [-0.4, -0.2) is 66.8 Å². The Morgan fingerprint density at radius 1 is 1.14 bits per heavy atom. The SMILES string of the molecule is COOC=N[C@@H](Cc1cn(C)cn1)C(=O)O.Cn1cnc(C[C@H](N)C(=O)O)c1. The van der Waals surface area contributed by atoms with Crippen LogP contribution in [0.15, 0.2) is 30.0 Å². The number of aliphatic carboxylic acids is 2. The fourth-order valence-corrected chi connectivity index (χ4v) is 2.00. The van der Waals surface area contributed by atoms with Crippen LogP contribution in [0.25, 0.3) is 0 Å². The molecule has 154 valence electrons. The monoisotopic (exact) mass is 396 g/mol. The summed E-state index contributed by atoms with van der Waals surface area (Å²) >= 11 is 0. The first kappa shape index (κ1) is 22.8. The molecular weight excluding hydrogens is 372 g/mol. The number of nitrogens with zero attached hydrogens (tertiary/aromatic N) is 5. The van der Waals surface area contributed by atoms with E-state index >= 15 is 0 Å². The molecule has 2 atom stereocenters. The van der Waals surface area contributed by atoms with Crippen molar-refractivity contribution in [2.75, 3.05) is 7.11 Å². The van der Waals surface area contributed by atoms with Crippen molar-refractivity contribution < 1.29 is 29.6 Å². The normalized spacial score (nSPS) is 12.9. The highest BCUT2D eigenvalue weighted by Crippen LogP contribution is 2.03. The summed E-state index contributed by atoms with van der Waals surface area (Å²) < 4.78 is 3.49. The summed E-state index contributed by atoms with van der Waals surface area (Å²) in [6.45, 7) is 0. The van der Waals surface area contributed by atoms with E-state index in [1.807, 2.05) is 14.1 Å². The van der Waals surface area contributed by atoms with Crippen LogP contribution in [0.4, 0.5) is 0 Å². The molecule has 0 spiro atoms. The van der Waals surface area contributed by atoms with Crippen LogP contribution in [0.5, 0.6) is 0 Å². The Morgan fingerprint density at radius 2 is 1.68 bits per heavy atom. The highest BCUT2D eigenvalue weighted by Gasteiger charge is 2.17. The van der Waals surface area contributed by atoms with Gasteiger partial charge in [-0.2, -0.15) is 4.89 Å². The van der Waals surface area contributed by atoms with Gasteiger partial charge in [0.2, 0.25) is 6.40 Å². The molecular formula is C16H24N6O6. The van der Waals surface area contributed by atoms with Gasteiger partial charge < -0.3 is 30.0 Å². The molecule has 2 aromatic heterocycles. The first-order valence-corrected chi connectivity index (χ1v) is 8.08. The molecule has 4 N–H and O–H groups in total. The van der Waals surface area contributed by atoms with Crippen molar-refractivity contribution >= 4 is 18.3 Å². The molecule has 0 amide bonds. The summed E-state index contributed by atoms with van der Waals surface area (Å²) in [4.78, 5) is 41.5. The Kier molecular flexibility index (Phi) is 9.33. The van der Waals surface area contributed by atoms with Gasteiger partial charge in [-0.25, -0.2) is 19.8 Å². The van der Waals surface area contributed by atoms with Crippen molar-refractivity contribution in [2.45, 2.75) is 24.9 Å². The average Bonchev–Trinajstić information content (AvgIpc) is 3.22. The zero-order valence-corrected chi connectivity index (χ0v) is 15.8. The molecule has 0 radical (unpaired) electrons. The van der Waals surface area contributed by atoms with Gasteiger partial charge in [0.05, 0.1) is 31.2 Å². The quantitative estimate of drug-likeness (QED) is 0.217. The molecule has 2 aromatic rings. The topological polar surface area (TPSA) is 167 Å². The predicted octanol–water partition coefficient (Wildman–Crippen LogP) is -0.603. The van der Waals surface area contributed by atoms with Crippen molar-refractivity contribution in [1.29, 1.82) is 0 Å². The van der Waals surface area contributed by atoms with Crippen LogP contribution in [0, 0.1) is 0 Å². The lowest BCUT2D eigenvalue weighted by molar-refractivity contribution is -0.188. The minimum Gasteiger partial charge on any atom is -0.480 e. The highest BCUT2D eigenvalue weighted by atomic mass is 17.2. The first-order chi connectivity index (χ1) is 13.2. The van der Waals surface area contributed by atoms with Gasteiger partial charge in [-0.05, 0) is 0 Å². The Labute approximate surface area is 161 Å². The van der Waals surface area contributed by atoms with Crippen LogP contribution in [0.1, 0.15) is 11.4 Å². The molecule has 12 nitrogen and oxygen atoms in total. The van der Waals surface area contributed by atoms with E-state index in [1.54, 1.807) is 34.2 Å². The van der Waals surface area contributed by atoms with Crippen molar-refractivity contribution in [1.82, 2.24) is 19.1 Å². The van der Waals surface area contributed by atoms with Gasteiger partial charge in [0.25, 0.3) is 0 Å². The number of aromatic nitrogens is 4. The van der Waals surface area contributed by atoms with Gasteiger partial charge >= 0.3 is 11.9 Å². The van der Waals surface area contributed by atoms with Crippen LogP contribution in [0.3, 0.4) is 0 Å². The molecule has 0 aliphatic heterocycles. The van der Waals surface area contributed by atoms with Gasteiger partial charge in [-0.15, -0.1) is 0 Å². The number of aryl methyl sites for hydroxylation is 2. The van der Waals surface area contributed by atoms with E-state index in [1.165, 1.54) is 7.11 Å². The second-order valence-corrected chi connectivity index (χ2v) is 5.79. The van der Waals surface area contributed by atoms with Crippen molar-refractivity contribution in [3.05, 3.63) is 36.4 Å². The number of aliphatic imine (C=N–C) groups is 1. The Morgan fingerprint density at radius 3 is 2.07 bits per heavy atom. The van der Waals surface area contributed by atoms with Crippen LogP contribution < -0.4 is 5.73 Å². The molecule has 0 bridgehead atoms. The van der Waals surface area contributed by atoms with E-state index in [0.29, 0.717) is 11.4 Å². The fourth-order valence-electron chi connectivity index (χ4n) is 2.00. The van der Waals surface area contributed by atoms with Gasteiger partial charge in [0.15, 0.2) is 6.04 Å². The number of carboxylic acids is 2. The Bertz CT molecular complexity index is 786. The maximum atomic E-state index is 10.9. The fraction of sp³-hybridized carbons (Fsp3) is 0.438. The van der Waals surface area contributed by atoms with Crippen molar-refractivity contribution in [2.24, 2.45) is 24.8 Å². The molecule has 0 aliphatic rings. The van der Waals surface area contributed by atoms with Gasteiger partial charge in [0, 0.05) is 39.3 Å². The third kappa shape index (κ3) is 8.42. The maximum absolute atomic E-state index is 10.9. The number of carbonyl (C=O) groups is 2. The first-order valence-electron chi connectivity index (χ1n) is 8.08. The minimum atomic E-state index is -1.04. The highest BCUT2D eigenvalue weighted by molar-refractivity contribution is 5.75. The van der Waals surface area contributed by atoms with E-state index in [4.69, 9.17) is 15.9 Å². The molecule has 0 aromatic carbocycles. The second-order valence-electron chi connectivity index (χ2n) is 5.79. The number of carboxylic acid groups (broad SMARTS) is 2. The molecule has 28 heavy (non-hydrogen) atoms. The largest absolute Gasteiger partial charge is 0.480 e. The molecule has 2 heterocycles. The summed E-state index contributed by atoms with van der Waals surface area (Å²) in [5, 5.41) is 17.4. The standard InChI is InChI=1S/C9H13N3O4.C7H11N3O2/c1-12-4-7(10-5-12)3-8(9(13)14)11-6-16-15-2;1-10-3-5(9-4-10)2-6(8)7(11)12/h4-6,8H,3H2,1-2H3,(H,13,14);3-4,6H,2,8H2,1H3,(H,11,12)/t8-;6-/m00/s1. The van der Waals surface area contributed by atoms with Gasteiger partial charge in [-0.3, -0.25) is 4.79 Å². The number of nitrogens with two attached hydrogens (primary N) is 1. The van der Waals surface area contributed by atoms with Gasteiger partial charge in [-0.1, -0.05) is 0 Å². The van der Waals surface area contributed by atoms with Crippen LogP contribution in [0.2, 0.25) is 0 Å². The third-order valence-corrected chi connectivity index (χ3v) is 3.33. The molecule has 0 fully saturated rings. The second kappa shape index (κ2) is 11.5. The zero-order chi connectivity index (χ0) is 21.1. The summed E-state index contributed by atoms with van der Waals surface area (Å²) in [5.41, 5.74) is 6.67. The summed E-state index contributed by atoms with van der Waals surface area (Å²) in [5.74, 6) is -2.04. The van der Waals surface area contributed by atoms with Crippen LogP contribution in [-0.2, 0) is 46.3 Å². The van der Waals surface area contributed by atoms with E-state index in [0.717, 1.165) is 6.40 Å². The van der Waals surface area contributed by atoms with Gasteiger partial charge in [0.1, 0.15) is 6.04 Å². The lowest BCUT2D eigenvalue weighted by Gasteiger charge is -2.04. The van der Waals surface area contributed by atoms with Crippen molar-refractivity contribution in [3.63, 3.8) is 0 Å². The van der Waals surface area contributed by atoms with E-state index in [2.05, 4.69) is 24.7 Å². The van der Waals surface area contributed by atoms with Crippen molar-refractivity contribution in [3.8, 4) is 0 Å². The molecule has 2 rings (SSSR count). The zero-order valence-electron chi connectivity index (χ0n) is 15.8. The summed E-state index contributed by atoms with van der Waals surface area (Å²) in [7, 11) is 4.94. The number of imidazole rings is 2. The lowest BCUT2D eigenvalue weighted by atomic mass is 10.2. The van der Waals surface area contributed by atoms with E-state index in [-0.39, 0.29) is 12.8 Å². The summed E-state index contributed by atoms with van der Waals surface area (Å²) in [6.07, 6.45) is 8.15. The Balaban J connectivity index is 0.000000292. The molecule has 0 saturated heterocycles. The Hall–Kier alpha value is -3.25. The number of hydrogen-bond donors (Lipinski definition) is 3.